The molecule has 0 aliphatic rings. The molecule has 0 atom stereocenters. The van der Waals surface area contributed by atoms with Crippen LogP contribution in [0.25, 0.3) is 0 Å². The third-order valence-corrected chi connectivity index (χ3v) is 3.60. The molecule has 0 saturated heterocycles. The number of carboxylic acids is 1. The molecule has 1 rings (SSSR count). The Labute approximate surface area is 120 Å². The highest BCUT2D eigenvalue weighted by Gasteiger charge is 2.18. The van der Waals surface area contributed by atoms with Crippen LogP contribution in [-0.2, 0) is 0 Å². The maximum atomic E-state index is 12.0. The van der Waals surface area contributed by atoms with Gasteiger partial charge in [0.1, 0.15) is 0 Å². The molecule has 2 N–H and O–H groups in total. The maximum Gasteiger partial charge on any atom is 0.335 e. The number of aromatic carboxylic acids is 1. The van der Waals surface area contributed by atoms with Crippen LogP contribution in [0, 0.1) is 17.8 Å². The molecule has 20 heavy (non-hydrogen) atoms. The van der Waals surface area contributed by atoms with Crippen LogP contribution >= 0.6 is 0 Å². The van der Waals surface area contributed by atoms with Crippen LogP contribution in [0.15, 0.2) is 24.3 Å². The monoisotopic (exact) mass is 277 g/mol. The zero-order valence-corrected chi connectivity index (χ0v) is 12.5. The predicted molar refractivity (Wildman–Crippen MR) is 78.9 cm³/mol. The van der Waals surface area contributed by atoms with E-state index in [9.17, 15) is 9.59 Å². The summed E-state index contributed by atoms with van der Waals surface area (Å²) in [5, 5.41) is 11.7. The van der Waals surface area contributed by atoms with Gasteiger partial charge in [-0.1, -0.05) is 27.7 Å². The minimum absolute atomic E-state index is 0.159. The Balaban J connectivity index is 2.64. The second-order valence-electron chi connectivity index (χ2n) is 5.74. The van der Waals surface area contributed by atoms with Gasteiger partial charge in [-0.3, -0.25) is 4.79 Å². The molecule has 0 saturated carbocycles. The van der Waals surface area contributed by atoms with Crippen molar-refractivity contribution in [2.75, 3.05) is 6.54 Å². The van der Waals surface area contributed by atoms with Crippen LogP contribution < -0.4 is 5.32 Å². The van der Waals surface area contributed by atoms with Crippen molar-refractivity contribution >= 4 is 11.9 Å². The molecule has 1 amide bonds. The van der Waals surface area contributed by atoms with E-state index in [1.165, 1.54) is 12.1 Å². The van der Waals surface area contributed by atoms with Gasteiger partial charge in [0.2, 0.25) is 0 Å². The topological polar surface area (TPSA) is 66.4 Å². The van der Waals surface area contributed by atoms with Crippen molar-refractivity contribution < 1.29 is 14.7 Å². The lowest BCUT2D eigenvalue weighted by Crippen LogP contribution is -2.33. The molecular formula is C16H23NO3. The fourth-order valence-corrected chi connectivity index (χ4v) is 2.32. The Kier molecular flexibility index (Phi) is 5.74. The molecule has 0 aliphatic carbocycles. The van der Waals surface area contributed by atoms with Crippen molar-refractivity contribution in [2.24, 2.45) is 17.8 Å². The first-order valence-corrected chi connectivity index (χ1v) is 6.94. The highest BCUT2D eigenvalue weighted by Crippen LogP contribution is 2.19. The van der Waals surface area contributed by atoms with Crippen LogP contribution in [0.3, 0.4) is 0 Å². The summed E-state index contributed by atoms with van der Waals surface area (Å²) in [7, 11) is 0. The first-order chi connectivity index (χ1) is 9.32. The van der Waals surface area contributed by atoms with E-state index >= 15 is 0 Å². The molecule has 0 aliphatic heterocycles. The molecule has 0 unspecified atom stereocenters. The summed E-state index contributed by atoms with van der Waals surface area (Å²) in [6.45, 7) is 9.24. The fourth-order valence-electron chi connectivity index (χ4n) is 2.32. The third kappa shape index (κ3) is 4.37. The smallest absolute Gasteiger partial charge is 0.335 e. The average Bonchev–Trinajstić information content (AvgIpc) is 2.38. The highest BCUT2D eigenvalue weighted by atomic mass is 16.4. The Hall–Kier alpha value is -1.84. The molecule has 0 spiro atoms. The molecule has 1 aromatic carbocycles. The number of rotatable bonds is 6. The summed E-state index contributed by atoms with van der Waals surface area (Å²) in [6, 6.07) is 5.97. The maximum absolute atomic E-state index is 12.0. The quantitative estimate of drug-likeness (QED) is 0.840. The van der Waals surface area contributed by atoms with Crippen LogP contribution in [0.2, 0.25) is 0 Å². The van der Waals surface area contributed by atoms with Crippen molar-refractivity contribution in [2.45, 2.75) is 27.7 Å². The molecule has 1 aromatic rings. The van der Waals surface area contributed by atoms with Gasteiger partial charge in [-0.15, -0.1) is 0 Å². The zero-order chi connectivity index (χ0) is 15.3. The normalized spacial score (nSPS) is 11.2. The van der Waals surface area contributed by atoms with Crippen molar-refractivity contribution in [1.82, 2.24) is 5.32 Å². The minimum atomic E-state index is -0.989. The van der Waals surface area contributed by atoms with Crippen LogP contribution in [-0.4, -0.2) is 23.5 Å². The van der Waals surface area contributed by atoms with Gasteiger partial charge in [0, 0.05) is 12.1 Å². The predicted octanol–water partition coefficient (Wildman–Crippen LogP) is 3.04. The Morgan fingerprint density at radius 2 is 1.45 bits per heavy atom. The lowest BCUT2D eigenvalue weighted by Gasteiger charge is -2.25. The summed E-state index contributed by atoms with van der Waals surface area (Å²) in [5.41, 5.74) is 0.671. The molecule has 4 heteroatoms. The second kappa shape index (κ2) is 7.08. The van der Waals surface area contributed by atoms with E-state index in [1.54, 1.807) is 12.1 Å². The number of benzene rings is 1. The van der Waals surface area contributed by atoms with E-state index in [1.807, 2.05) is 0 Å². The van der Waals surface area contributed by atoms with Gasteiger partial charge in [-0.05, 0) is 42.0 Å². The fraction of sp³-hybridized carbons (Fsp3) is 0.500. The number of carbonyl (C=O) groups is 2. The number of hydrogen-bond donors (Lipinski definition) is 2. The molecule has 0 heterocycles. The minimum Gasteiger partial charge on any atom is -0.478 e. The van der Waals surface area contributed by atoms with E-state index in [4.69, 9.17) is 5.11 Å². The first-order valence-electron chi connectivity index (χ1n) is 6.94. The Bertz CT molecular complexity index is 455. The van der Waals surface area contributed by atoms with Gasteiger partial charge >= 0.3 is 5.97 Å². The van der Waals surface area contributed by atoms with E-state index in [0.717, 1.165) is 0 Å². The van der Waals surface area contributed by atoms with E-state index in [0.29, 0.717) is 29.9 Å². The Morgan fingerprint density at radius 3 is 1.85 bits per heavy atom. The largest absolute Gasteiger partial charge is 0.478 e. The lowest BCUT2D eigenvalue weighted by molar-refractivity contribution is 0.0696. The zero-order valence-electron chi connectivity index (χ0n) is 12.5. The second-order valence-corrected chi connectivity index (χ2v) is 5.74. The lowest BCUT2D eigenvalue weighted by atomic mass is 9.85. The van der Waals surface area contributed by atoms with E-state index in [2.05, 4.69) is 33.0 Å². The summed E-state index contributed by atoms with van der Waals surface area (Å²) >= 11 is 0. The summed E-state index contributed by atoms with van der Waals surface area (Å²) < 4.78 is 0. The van der Waals surface area contributed by atoms with Gasteiger partial charge in [0.05, 0.1) is 5.56 Å². The summed E-state index contributed by atoms with van der Waals surface area (Å²) in [5.74, 6) is 0.288. The van der Waals surface area contributed by atoms with Gasteiger partial charge in [-0.2, -0.15) is 0 Å². The van der Waals surface area contributed by atoms with Crippen LogP contribution in [0.1, 0.15) is 48.4 Å². The standard InChI is InChI=1S/C16H23NO3/c1-10(2)14(11(3)4)9-17-15(18)12-5-7-13(8-6-12)16(19)20/h5-8,10-11,14H,9H2,1-4H3,(H,17,18)(H,19,20). The van der Waals surface area contributed by atoms with E-state index < -0.39 is 5.97 Å². The molecule has 0 radical (unpaired) electrons. The van der Waals surface area contributed by atoms with Crippen LogP contribution in [0.5, 0.6) is 0 Å². The molecular weight excluding hydrogens is 254 g/mol. The molecule has 0 aromatic heterocycles. The number of nitrogens with one attached hydrogen (secondary N) is 1. The third-order valence-electron chi connectivity index (χ3n) is 3.60. The molecule has 0 fully saturated rings. The van der Waals surface area contributed by atoms with Gasteiger partial charge in [0.25, 0.3) is 5.91 Å². The number of carboxylic acid groups (broad SMARTS) is 1. The number of amides is 1. The van der Waals surface area contributed by atoms with Gasteiger partial charge < -0.3 is 10.4 Å². The number of carbonyl (C=O) groups excluding carboxylic acids is 1. The summed E-state index contributed by atoms with van der Waals surface area (Å²) in [6.07, 6.45) is 0. The van der Waals surface area contributed by atoms with Gasteiger partial charge in [-0.25, -0.2) is 4.79 Å². The first kappa shape index (κ1) is 16.2. The summed E-state index contributed by atoms with van der Waals surface area (Å²) in [4.78, 5) is 22.8. The molecule has 4 nitrogen and oxygen atoms in total. The van der Waals surface area contributed by atoms with Gasteiger partial charge in [0.15, 0.2) is 0 Å². The highest BCUT2D eigenvalue weighted by molar-refractivity contribution is 5.95. The van der Waals surface area contributed by atoms with E-state index in [-0.39, 0.29) is 11.5 Å². The number of hydrogen-bond acceptors (Lipinski definition) is 2. The van der Waals surface area contributed by atoms with Crippen molar-refractivity contribution in [3.63, 3.8) is 0 Å². The van der Waals surface area contributed by atoms with Crippen molar-refractivity contribution in [3.05, 3.63) is 35.4 Å². The Morgan fingerprint density at radius 1 is 1.00 bits per heavy atom. The SMILES string of the molecule is CC(C)C(CNC(=O)c1ccc(C(=O)O)cc1)C(C)C. The molecule has 0 bridgehead atoms. The molecule has 110 valence electrons. The van der Waals surface area contributed by atoms with Crippen molar-refractivity contribution in [3.8, 4) is 0 Å². The van der Waals surface area contributed by atoms with Crippen molar-refractivity contribution in [1.29, 1.82) is 0 Å². The average molecular weight is 277 g/mol. The van der Waals surface area contributed by atoms with Crippen LogP contribution in [0.4, 0.5) is 0 Å².